The Morgan fingerprint density at radius 1 is 1.22 bits per heavy atom. The Labute approximate surface area is 137 Å². The van der Waals surface area contributed by atoms with E-state index in [0.717, 1.165) is 36.2 Å². The summed E-state index contributed by atoms with van der Waals surface area (Å²) in [4.78, 5) is 11.1. The van der Waals surface area contributed by atoms with Crippen LogP contribution in [-0.4, -0.2) is 44.3 Å². The van der Waals surface area contributed by atoms with Crippen molar-refractivity contribution in [3.05, 3.63) is 29.6 Å². The summed E-state index contributed by atoms with van der Waals surface area (Å²) in [5.41, 5.74) is 3.44. The van der Waals surface area contributed by atoms with Gasteiger partial charge in [0.15, 0.2) is 0 Å². The third-order valence-corrected chi connectivity index (χ3v) is 5.13. The number of anilines is 1. The molecule has 2 heterocycles. The zero-order valence-corrected chi connectivity index (χ0v) is 14.5. The van der Waals surface area contributed by atoms with Gasteiger partial charge in [-0.3, -0.25) is 0 Å². The first-order valence-electron chi connectivity index (χ1n) is 7.75. The van der Waals surface area contributed by atoms with E-state index < -0.39 is 10.0 Å². The molecule has 0 aliphatic carbocycles. The molecule has 0 amide bonds. The molecule has 1 aliphatic rings. The molecule has 0 unspecified atom stereocenters. The van der Waals surface area contributed by atoms with E-state index in [-0.39, 0.29) is 0 Å². The minimum absolute atomic E-state index is 0.500. The number of nitrogens with one attached hydrogen (secondary N) is 1. The van der Waals surface area contributed by atoms with Crippen LogP contribution >= 0.6 is 0 Å². The summed E-state index contributed by atoms with van der Waals surface area (Å²) in [5, 5.41) is 1.09. The first-order valence-corrected chi connectivity index (χ1v) is 9.64. The fraction of sp³-hybridized carbons (Fsp3) is 0.500. The van der Waals surface area contributed by atoms with Crippen molar-refractivity contribution in [2.24, 2.45) is 5.92 Å². The first kappa shape index (κ1) is 16.1. The summed E-state index contributed by atoms with van der Waals surface area (Å²) in [6, 6.07) is 4.25. The van der Waals surface area contributed by atoms with E-state index in [1.54, 1.807) is 6.33 Å². The van der Waals surface area contributed by atoms with Crippen molar-refractivity contribution < 1.29 is 8.42 Å². The third kappa shape index (κ3) is 3.61. The largest absolute Gasteiger partial charge is 0.355 e. The first-order chi connectivity index (χ1) is 10.8. The molecular formula is C16H22N4O2S. The standard InChI is InChI=1S/C16H22N4O2S/c1-11-6-14-15(7-12(11)2)17-10-18-16(14)20-8-13(9-20)4-5-19-23(3,21)22/h6-7,10,13,19H,4-5,8-9H2,1-3H3. The van der Waals surface area contributed by atoms with Crippen molar-refractivity contribution in [2.75, 3.05) is 30.8 Å². The summed E-state index contributed by atoms with van der Waals surface area (Å²) in [6.07, 6.45) is 3.66. The monoisotopic (exact) mass is 334 g/mol. The SMILES string of the molecule is Cc1cc2ncnc(N3CC(CCNS(C)(=O)=O)C3)c2cc1C. The van der Waals surface area contributed by atoms with Crippen LogP contribution in [0.4, 0.5) is 5.82 Å². The van der Waals surface area contributed by atoms with Crippen molar-refractivity contribution in [2.45, 2.75) is 20.3 Å². The quantitative estimate of drug-likeness (QED) is 0.899. The number of benzene rings is 1. The average Bonchev–Trinajstić information content (AvgIpc) is 2.41. The molecule has 1 aromatic heterocycles. The van der Waals surface area contributed by atoms with Crippen LogP contribution in [0.5, 0.6) is 0 Å². The Bertz CT molecular complexity index is 829. The maximum Gasteiger partial charge on any atom is 0.208 e. The van der Waals surface area contributed by atoms with Crippen LogP contribution in [0.2, 0.25) is 0 Å². The Kier molecular flexibility index (Phi) is 4.25. The van der Waals surface area contributed by atoms with Gasteiger partial charge in [-0.25, -0.2) is 23.1 Å². The van der Waals surface area contributed by atoms with Crippen molar-refractivity contribution in [3.63, 3.8) is 0 Å². The van der Waals surface area contributed by atoms with Gasteiger partial charge in [0, 0.05) is 25.0 Å². The van der Waals surface area contributed by atoms with E-state index >= 15 is 0 Å². The second-order valence-corrected chi connectivity index (χ2v) is 8.21. The molecule has 2 aromatic rings. The van der Waals surface area contributed by atoms with E-state index in [4.69, 9.17) is 0 Å². The normalized spacial score (nSPS) is 15.9. The van der Waals surface area contributed by atoms with Crippen LogP contribution < -0.4 is 9.62 Å². The van der Waals surface area contributed by atoms with E-state index in [9.17, 15) is 8.42 Å². The van der Waals surface area contributed by atoms with Gasteiger partial charge in [-0.2, -0.15) is 0 Å². The van der Waals surface area contributed by atoms with Gasteiger partial charge in [-0.15, -0.1) is 0 Å². The number of fused-ring (bicyclic) bond motifs is 1. The molecular weight excluding hydrogens is 312 g/mol. The maximum absolute atomic E-state index is 11.1. The number of rotatable bonds is 5. The molecule has 1 saturated heterocycles. The van der Waals surface area contributed by atoms with Gasteiger partial charge in [-0.1, -0.05) is 0 Å². The summed E-state index contributed by atoms with van der Waals surface area (Å²) in [6.45, 7) is 6.50. The van der Waals surface area contributed by atoms with Gasteiger partial charge in [0.1, 0.15) is 12.1 Å². The van der Waals surface area contributed by atoms with Crippen molar-refractivity contribution >= 4 is 26.7 Å². The third-order valence-electron chi connectivity index (χ3n) is 4.40. The number of nitrogens with zero attached hydrogens (tertiary/aromatic N) is 3. The predicted molar refractivity (Wildman–Crippen MR) is 92.2 cm³/mol. The lowest BCUT2D eigenvalue weighted by Crippen LogP contribution is -2.48. The molecule has 3 rings (SSSR count). The fourth-order valence-electron chi connectivity index (χ4n) is 2.93. The van der Waals surface area contributed by atoms with Crippen LogP contribution in [-0.2, 0) is 10.0 Å². The molecule has 124 valence electrons. The summed E-state index contributed by atoms with van der Waals surface area (Å²) < 4.78 is 24.7. The van der Waals surface area contributed by atoms with Gasteiger partial charge >= 0.3 is 0 Å². The topological polar surface area (TPSA) is 75.2 Å². The highest BCUT2D eigenvalue weighted by molar-refractivity contribution is 7.88. The second kappa shape index (κ2) is 6.05. The van der Waals surface area contributed by atoms with Gasteiger partial charge in [0.05, 0.1) is 11.8 Å². The number of hydrogen-bond donors (Lipinski definition) is 1. The zero-order valence-electron chi connectivity index (χ0n) is 13.7. The summed E-state index contributed by atoms with van der Waals surface area (Å²) >= 11 is 0. The Morgan fingerprint density at radius 3 is 2.61 bits per heavy atom. The molecule has 0 atom stereocenters. The molecule has 1 fully saturated rings. The number of aromatic nitrogens is 2. The van der Waals surface area contributed by atoms with E-state index in [1.165, 1.54) is 17.4 Å². The van der Waals surface area contributed by atoms with E-state index in [2.05, 4.69) is 45.6 Å². The van der Waals surface area contributed by atoms with Crippen molar-refractivity contribution in [1.82, 2.24) is 14.7 Å². The second-order valence-electron chi connectivity index (χ2n) is 6.38. The highest BCUT2D eigenvalue weighted by atomic mass is 32.2. The Morgan fingerprint density at radius 2 is 1.91 bits per heavy atom. The summed E-state index contributed by atoms with van der Waals surface area (Å²) in [5.74, 6) is 1.48. The Balaban J connectivity index is 1.68. The number of aryl methyl sites for hydroxylation is 2. The van der Waals surface area contributed by atoms with Crippen LogP contribution in [0.15, 0.2) is 18.5 Å². The lowest BCUT2D eigenvalue weighted by atomic mass is 9.95. The Hall–Kier alpha value is -1.73. The van der Waals surface area contributed by atoms with Gasteiger partial charge in [0.2, 0.25) is 10.0 Å². The minimum atomic E-state index is -3.09. The molecule has 23 heavy (non-hydrogen) atoms. The van der Waals surface area contributed by atoms with Gasteiger partial charge in [0.25, 0.3) is 0 Å². The zero-order chi connectivity index (χ0) is 16.6. The molecule has 0 spiro atoms. The molecule has 1 aromatic carbocycles. The molecule has 7 heteroatoms. The average molecular weight is 334 g/mol. The minimum Gasteiger partial charge on any atom is -0.355 e. The molecule has 0 saturated carbocycles. The van der Waals surface area contributed by atoms with E-state index in [1.807, 2.05) is 0 Å². The van der Waals surface area contributed by atoms with Crippen molar-refractivity contribution in [3.8, 4) is 0 Å². The predicted octanol–water partition coefficient (Wildman–Crippen LogP) is 1.62. The maximum atomic E-state index is 11.1. The molecule has 0 radical (unpaired) electrons. The van der Waals surface area contributed by atoms with Crippen molar-refractivity contribution in [1.29, 1.82) is 0 Å². The van der Waals surface area contributed by atoms with Crippen LogP contribution in [0.25, 0.3) is 10.9 Å². The van der Waals surface area contributed by atoms with Crippen LogP contribution in [0.3, 0.4) is 0 Å². The fourth-order valence-corrected chi connectivity index (χ4v) is 3.42. The summed E-state index contributed by atoms with van der Waals surface area (Å²) in [7, 11) is -3.09. The van der Waals surface area contributed by atoms with E-state index in [0.29, 0.717) is 12.5 Å². The van der Waals surface area contributed by atoms with Crippen LogP contribution in [0, 0.1) is 19.8 Å². The molecule has 1 aliphatic heterocycles. The number of hydrogen-bond acceptors (Lipinski definition) is 5. The highest BCUT2D eigenvalue weighted by Gasteiger charge is 2.28. The highest BCUT2D eigenvalue weighted by Crippen LogP contribution is 2.31. The smallest absolute Gasteiger partial charge is 0.208 e. The van der Waals surface area contributed by atoms with Gasteiger partial charge < -0.3 is 4.90 Å². The number of sulfonamides is 1. The molecule has 6 nitrogen and oxygen atoms in total. The van der Waals surface area contributed by atoms with Crippen LogP contribution in [0.1, 0.15) is 17.5 Å². The lowest BCUT2D eigenvalue weighted by Gasteiger charge is -2.40. The molecule has 1 N–H and O–H groups in total. The lowest BCUT2D eigenvalue weighted by molar-refractivity contribution is 0.382. The molecule has 0 bridgehead atoms. The van der Waals surface area contributed by atoms with Gasteiger partial charge in [-0.05, 0) is 49.4 Å².